The number of hydrogen-bond donors (Lipinski definition) is 1. The highest BCUT2D eigenvalue weighted by Gasteiger charge is 2.24. The lowest BCUT2D eigenvalue weighted by Crippen LogP contribution is -2.03. The second-order valence-corrected chi connectivity index (χ2v) is 3.56. The number of nitro benzene ring substituents is 1. The molecule has 1 amide bonds. The van der Waals surface area contributed by atoms with Crippen molar-refractivity contribution in [1.29, 1.82) is 0 Å². The zero-order chi connectivity index (χ0) is 11.7. The summed E-state index contributed by atoms with van der Waals surface area (Å²) in [5.74, 6) is -0.193. The molecule has 5 nitrogen and oxygen atoms in total. The standard InChI is InChI=1S/C10H9FN2O3/c11-2-1-6-3-8-7(5-10(14)12-8)4-9(6)13(15)16/h3-4H,1-2,5H2,(H,12,14). The molecule has 0 saturated carbocycles. The summed E-state index contributed by atoms with van der Waals surface area (Å²) in [4.78, 5) is 21.3. The summed E-state index contributed by atoms with van der Waals surface area (Å²) in [6, 6.07) is 2.83. The van der Waals surface area contributed by atoms with Crippen LogP contribution in [0.15, 0.2) is 12.1 Å². The predicted octanol–water partition coefficient (Wildman–Crippen LogP) is 1.60. The predicted molar refractivity (Wildman–Crippen MR) is 55.1 cm³/mol. The van der Waals surface area contributed by atoms with Gasteiger partial charge in [-0.1, -0.05) is 0 Å². The number of benzene rings is 1. The summed E-state index contributed by atoms with van der Waals surface area (Å²) in [7, 11) is 0. The number of alkyl halides is 1. The number of carbonyl (C=O) groups is 1. The van der Waals surface area contributed by atoms with E-state index in [-0.39, 0.29) is 24.4 Å². The van der Waals surface area contributed by atoms with Crippen LogP contribution in [-0.4, -0.2) is 17.5 Å². The Morgan fingerprint density at radius 2 is 2.25 bits per heavy atom. The van der Waals surface area contributed by atoms with Crippen molar-refractivity contribution in [2.75, 3.05) is 12.0 Å². The van der Waals surface area contributed by atoms with E-state index in [2.05, 4.69) is 5.32 Å². The minimum absolute atomic E-state index is 0.0144. The molecule has 84 valence electrons. The molecule has 1 heterocycles. The third-order valence-electron chi connectivity index (χ3n) is 2.49. The maximum absolute atomic E-state index is 12.2. The molecule has 2 rings (SSSR count). The molecule has 0 bridgehead atoms. The number of nitro groups is 1. The molecule has 6 heteroatoms. The second-order valence-electron chi connectivity index (χ2n) is 3.56. The Bertz CT molecular complexity index is 473. The number of hydrogen-bond acceptors (Lipinski definition) is 3. The summed E-state index contributed by atoms with van der Waals surface area (Å²) in [6.45, 7) is -0.659. The van der Waals surface area contributed by atoms with Gasteiger partial charge >= 0.3 is 0 Å². The van der Waals surface area contributed by atoms with Crippen molar-refractivity contribution in [2.24, 2.45) is 0 Å². The van der Waals surface area contributed by atoms with Crippen LogP contribution in [-0.2, 0) is 17.6 Å². The molecule has 0 radical (unpaired) electrons. The largest absolute Gasteiger partial charge is 0.326 e. The number of nitrogens with one attached hydrogen (secondary N) is 1. The minimum Gasteiger partial charge on any atom is -0.326 e. The topological polar surface area (TPSA) is 72.2 Å². The molecule has 16 heavy (non-hydrogen) atoms. The summed E-state index contributed by atoms with van der Waals surface area (Å²) in [5, 5.41) is 13.3. The van der Waals surface area contributed by atoms with Crippen molar-refractivity contribution in [3.8, 4) is 0 Å². The maximum Gasteiger partial charge on any atom is 0.273 e. The van der Waals surface area contributed by atoms with Gasteiger partial charge in [0.15, 0.2) is 0 Å². The molecule has 1 N–H and O–H groups in total. The fourth-order valence-corrected chi connectivity index (χ4v) is 1.78. The number of rotatable bonds is 3. The Morgan fingerprint density at radius 3 is 2.88 bits per heavy atom. The van der Waals surface area contributed by atoms with Gasteiger partial charge < -0.3 is 5.32 Å². The van der Waals surface area contributed by atoms with Crippen LogP contribution < -0.4 is 5.32 Å². The van der Waals surface area contributed by atoms with Gasteiger partial charge in [0.05, 0.1) is 18.0 Å². The van der Waals surface area contributed by atoms with E-state index in [1.54, 1.807) is 0 Å². The zero-order valence-corrected chi connectivity index (χ0v) is 8.33. The van der Waals surface area contributed by atoms with Crippen LogP contribution in [0.3, 0.4) is 0 Å². The van der Waals surface area contributed by atoms with Crippen LogP contribution in [0.1, 0.15) is 11.1 Å². The average molecular weight is 224 g/mol. The Kier molecular flexibility index (Phi) is 2.55. The normalized spacial score (nSPS) is 13.4. The van der Waals surface area contributed by atoms with Crippen LogP contribution in [0.4, 0.5) is 15.8 Å². The monoisotopic (exact) mass is 224 g/mol. The summed E-state index contributed by atoms with van der Waals surface area (Å²) < 4.78 is 12.2. The third-order valence-corrected chi connectivity index (χ3v) is 2.49. The van der Waals surface area contributed by atoms with Gasteiger partial charge in [0, 0.05) is 23.7 Å². The lowest BCUT2D eigenvalue weighted by molar-refractivity contribution is -0.385. The molecule has 0 atom stereocenters. The lowest BCUT2D eigenvalue weighted by Gasteiger charge is -2.04. The summed E-state index contributed by atoms with van der Waals surface area (Å²) in [5.41, 5.74) is 1.35. The highest BCUT2D eigenvalue weighted by Crippen LogP contribution is 2.31. The molecule has 0 aromatic heterocycles. The van der Waals surface area contributed by atoms with Crippen molar-refractivity contribution >= 4 is 17.3 Å². The number of aryl methyl sites for hydroxylation is 1. The van der Waals surface area contributed by atoms with Gasteiger partial charge in [0.25, 0.3) is 5.69 Å². The molecule has 0 fully saturated rings. The highest BCUT2D eigenvalue weighted by molar-refractivity contribution is 5.99. The SMILES string of the molecule is O=C1Cc2cc([N+](=O)[O-])c(CCF)cc2N1. The van der Waals surface area contributed by atoms with Gasteiger partial charge in [-0.2, -0.15) is 0 Å². The molecule has 0 aliphatic carbocycles. The van der Waals surface area contributed by atoms with Crippen molar-refractivity contribution in [3.05, 3.63) is 33.4 Å². The van der Waals surface area contributed by atoms with E-state index in [9.17, 15) is 19.3 Å². The Balaban J connectivity index is 2.49. The molecule has 0 saturated heterocycles. The second kappa shape index (κ2) is 3.88. The van der Waals surface area contributed by atoms with Crippen LogP contribution in [0.2, 0.25) is 0 Å². The van der Waals surface area contributed by atoms with E-state index in [4.69, 9.17) is 0 Å². The first kappa shape index (κ1) is 10.5. The molecule has 0 spiro atoms. The molecule has 1 aliphatic rings. The van der Waals surface area contributed by atoms with E-state index in [1.807, 2.05) is 0 Å². The van der Waals surface area contributed by atoms with Crippen LogP contribution >= 0.6 is 0 Å². The van der Waals surface area contributed by atoms with Crippen molar-refractivity contribution in [3.63, 3.8) is 0 Å². The number of nitrogens with zero attached hydrogens (tertiary/aromatic N) is 1. The first-order valence-electron chi connectivity index (χ1n) is 4.78. The molecular weight excluding hydrogens is 215 g/mol. The van der Waals surface area contributed by atoms with E-state index < -0.39 is 11.6 Å². The van der Waals surface area contributed by atoms with Gasteiger partial charge in [0.2, 0.25) is 5.91 Å². The van der Waals surface area contributed by atoms with Gasteiger partial charge in [-0.25, -0.2) is 0 Å². The number of halogens is 1. The van der Waals surface area contributed by atoms with E-state index in [1.165, 1.54) is 12.1 Å². The maximum atomic E-state index is 12.2. The summed E-state index contributed by atoms with van der Waals surface area (Å²) in [6.07, 6.45) is 0.130. The van der Waals surface area contributed by atoms with Gasteiger partial charge in [-0.05, 0) is 11.6 Å². The number of anilines is 1. The van der Waals surface area contributed by atoms with E-state index in [0.717, 1.165) is 0 Å². The molecule has 1 aromatic rings. The van der Waals surface area contributed by atoms with Crippen LogP contribution in [0.25, 0.3) is 0 Å². The fourth-order valence-electron chi connectivity index (χ4n) is 1.78. The third kappa shape index (κ3) is 1.73. The first-order valence-corrected chi connectivity index (χ1v) is 4.78. The van der Waals surface area contributed by atoms with Gasteiger partial charge in [-0.3, -0.25) is 19.3 Å². The first-order chi connectivity index (χ1) is 7.61. The van der Waals surface area contributed by atoms with Crippen molar-refractivity contribution in [1.82, 2.24) is 0 Å². The molecule has 1 aliphatic heterocycles. The van der Waals surface area contributed by atoms with E-state index in [0.29, 0.717) is 16.8 Å². The van der Waals surface area contributed by atoms with Crippen LogP contribution in [0.5, 0.6) is 0 Å². The summed E-state index contributed by atoms with van der Waals surface area (Å²) >= 11 is 0. The smallest absolute Gasteiger partial charge is 0.273 e. The molecule has 0 unspecified atom stereocenters. The Morgan fingerprint density at radius 1 is 1.50 bits per heavy atom. The van der Waals surface area contributed by atoms with Crippen molar-refractivity contribution in [2.45, 2.75) is 12.8 Å². The Labute approximate surface area is 90.4 Å². The number of fused-ring (bicyclic) bond motifs is 1. The van der Waals surface area contributed by atoms with Gasteiger partial charge in [-0.15, -0.1) is 0 Å². The number of amides is 1. The minimum atomic E-state index is -0.659. The quantitative estimate of drug-likeness (QED) is 0.626. The molecule has 1 aromatic carbocycles. The fraction of sp³-hybridized carbons (Fsp3) is 0.300. The average Bonchev–Trinajstić information content (AvgIpc) is 2.56. The van der Waals surface area contributed by atoms with Crippen molar-refractivity contribution < 1.29 is 14.1 Å². The lowest BCUT2D eigenvalue weighted by atomic mass is 10.0. The Hall–Kier alpha value is -1.98. The van der Waals surface area contributed by atoms with E-state index >= 15 is 0 Å². The van der Waals surface area contributed by atoms with Crippen LogP contribution in [0, 0.1) is 10.1 Å². The zero-order valence-electron chi connectivity index (χ0n) is 8.33. The highest BCUT2D eigenvalue weighted by atomic mass is 19.1. The molecular formula is C10H9FN2O3. The van der Waals surface area contributed by atoms with Gasteiger partial charge in [0.1, 0.15) is 0 Å². The number of carbonyl (C=O) groups excluding carboxylic acids is 1.